The summed E-state index contributed by atoms with van der Waals surface area (Å²) in [6, 6.07) is 11.4. The molecule has 0 aromatic heterocycles. The van der Waals surface area contributed by atoms with Crippen LogP contribution in [-0.4, -0.2) is 26.3 Å². The van der Waals surface area contributed by atoms with Crippen LogP contribution in [0.5, 0.6) is 0 Å². The molecule has 3 nitrogen and oxygen atoms in total. The lowest BCUT2D eigenvalue weighted by atomic mass is 10.2. The third-order valence-electron chi connectivity index (χ3n) is 3.80. The number of nitrogens with zero attached hydrogens (tertiary/aromatic N) is 1. The maximum absolute atomic E-state index is 6.43. The van der Waals surface area contributed by atoms with Crippen LogP contribution in [0.25, 0.3) is 0 Å². The first kappa shape index (κ1) is 16.7. The normalized spacial score (nSPS) is 14.8. The molecule has 0 atom stereocenters. The molecule has 1 N–H and O–H groups in total. The highest BCUT2D eigenvalue weighted by Crippen LogP contribution is 2.35. The van der Waals surface area contributed by atoms with Crippen LogP contribution in [0.15, 0.2) is 36.4 Å². The fraction of sp³-hybridized carbons (Fsp3) is 0.294. The van der Waals surface area contributed by atoms with Crippen LogP contribution in [0.1, 0.15) is 5.56 Å². The largest absolute Gasteiger partial charge is 0.379 e. The summed E-state index contributed by atoms with van der Waals surface area (Å²) < 4.78 is 5.42. The zero-order chi connectivity index (χ0) is 16.2. The Kier molecular flexibility index (Phi) is 5.54. The third kappa shape index (κ3) is 4.04. The van der Waals surface area contributed by atoms with E-state index in [0.717, 1.165) is 35.1 Å². The Balaban J connectivity index is 1.81. The molecule has 0 aliphatic carbocycles. The van der Waals surface area contributed by atoms with Gasteiger partial charge in [0.05, 0.1) is 29.6 Å². The molecular weight excluding hydrogens is 355 g/mol. The van der Waals surface area contributed by atoms with Gasteiger partial charge in [0.15, 0.2) is 0 Å². The summed E-state index contributed by atoms with van der Waals surface area (Å²) in [6.45, 7) is 3.70. The standard InChI is InChI=1S/C17H17Cl3N2O/c18-13-5-4-12(15(20)10-13)11-21-16-3-1-2-14(19)17(16)22-6-8-23-9-7-22/h1-5,10,21H,6-9,11H2. The van der Waals surface area contributed by atoms with Crippen molar-refractivity contribution in [2.24, 2.45) is 0 Å². The van der Waals surface area contributed by atoms with Crippen molar-refractivity contribution in [2.75, 3.05) is 36.5 Å². The number of rotatable bonds is 4. The first-order valence-corrected chi connectivity index (χ1v) is 8.57. The van der Waals surface area contributed by atoms with Gasteiger partial charge in [0, 0.05) is 29.7 Å². The zero-order valence-electron chi connectivity index (χ0n) is 12.5. The predicted molar refractivity (Wildman–Crippen MR) is 98.3 cm³/mol. The van der Waals surface area contributed by atoms with Crippen LogP contribution in [0.4, 0.5) is 11.4 Å². The van der Waals surface area contributed by atoms with Gasteiger partial charge in [-0.1, -0.05) is 46.9 Å². The van der Waals surface area contributed by atoms with E-state index in [1.54, 1.807) is 6.07 Å². The first-order chi connectivity index (χ1) is 11.1. The van der Waals surface area contributed by atoms with E-state index < -0.39 is 0 Å². The molecule has 2 aromatic rings. The lowest BCUT2D eigenvalue weighted by molar-refractivity contribution is 0.123. The smallest absolute Gasteiger partial charge is 0.0792 e. The van der Waals surface area contributed by atoms with E-state index in [4.69, 9.17) is 39.5 Å². The lowest BCUT2D eigenvalue weighted by Crippen LogP contribution is -2.36. The summed E-state index contributed by atoms with van der Waals surface area (Å²) in [7, 11) is 0. The molecule has 0 radical (unpaired) electrons. The number of hydrogen-bond donors (Lipinski definition) is 1. The molecule has 0 bridgehead atoms. The number of nitrogens with one attached hydrogen (secondary N) is 1. The fourth-order valence-corrected chi connectivity index (χ4v) is 3.39. The van der Waals surface area contributed by atoms with Gasteiger partial charge in [0.1, 0.15) is 0 Å². The third-order valence-corrected chi connectivity index (χ3v) is 4.69. The van der Waals surface area contributed by atoms with E-state index in [2.05, 4.69) is 10.2 Å². The number of halogens is 3. The predicted octanol–water partition coefficient (Wildman–Crippen LogP) is 5.10. The molecule has 3 rings (SSSR count). The lowest BCUT2D eigenvalue weighted by Gasteiger charge is -2.31. The summed E-state index contributed by atoms with van der Waals surface area (Å²) in [5.41, 5.74) is 3.00. The first-order valence-electron chi connectivity index (χ1n) is 7.44. The number of morpholine rings is 1. The minimum atomic E-state index is 0.605. The summed E-state index contributed by atoms with van der Waals surface area (Å²) >= 11 is 18.6. The van der Waals surface area contributed by atoms with E-state index in [1.165, 1.54) is 0 Å². The second-order valence-corrected chi connectivity index (χ2v) is 6.58. The van der Waals surface area contributed by atoms with Crippen LogP contribution in [0, 0.1) is 0 Å². The summed E-state index contributed by atoms with van der Waals surface area (Å²) in [6.07, 6.45) is 0. The molecule has 1 saturated heterocycles. The molecule has 23 heavy (non-hydrogen) atoms. The van der Waals surface area contributed by atoms with Gasteiger partial charge >= 0.3 is 0 Å². The van der Waals surface area contributed by atoms with E-state index in [0.29, 0.717) is 29.8 Å². The molecule has 0 saturated carbocycles. The molecule has 0 spiro atoms. The maximum Gasteiger partial charge on any atom is 0.0792 e. The number of ether oxygens (including phenoxy) is 1. The molecule has 2 aromatic carbocycles. The van der Waals surface area contributed by atoms with Gasteiger partial charge in [-0.25, -0.2) is 0 Å². The van der Waals surface area contributed by atoms with Gasteiger partial charge in [-0.3, -0.25) is 0 Å². The highest BCUT2D eigenvalue weighted by atomic mass is 35.5. The van der Waals surface area contributed by atoms with Crippen LogP contribution in [0.2, 0.25) is 15.1 Å². The van der Waals surface area contributed by atoms with Gasteiger partial charge in [-0.15, -0.1) is 0 Å². The van der Waals surface area contributed by atoms with Crippen LogP contribution in [-0.2, 0) is 11.3 Å². The molecule has 1 heterocycles. The summed E-state index contributed by atoms with van der Waals surface area (Å²) in [5.74, 6) is 0. The molecule has 0 unspecified atom stereocenters. The minimum Gasteiger partial charge on any atom is -0.379 e. The zero-order valence-corrected chi connectivity index (χ0v) is 14.8. The number of anilines is 2. The Morgan fingerprint density at radius 1 is 1.00 bits per heavy atom. The van der Waals surface area contributed by atoms with Crippen molar-refractivity contribution >= 4 is 46.2 Å². The maximum atomic E-state index is 6.43. The van der Waals surface area contributed by atoms with Gasteiger partial charge in [-0.05, 0) is 29.8 Å². The van der Waals surface area contributed by atoms with E-state index >= 15 is 0 Å². The van der Waals surface area contributed by atoms with Crippen LogP contribution >= 0.6 is 34.8 Å². The van der Waals surface area contributed by atoms with Crippen molar-refractivity contribution in [3.05, 3.63) is 57.0 Å². The molecule has 1 aliphatic rings. The second kappa shape index (κ2) is 7.63. The van der Waals surface area contributed by atoms with E-state index in [-0.39, 0.29) is 0 Å². The van der Waals surface area contributed by atoms with Gasteiger partial charge in [0.25, 0.3) is 0 Å². The second-order valence-electron chi connectivity index (χ2n) is 5.32. The van der Waals surface area contributed by atoms with Crippen molar-refractivity contribution in [3.8, 4) is 0 Å². The number of para-hydroxylation sites is 1. The number of benzene rings is 2. The van der Waals surface area contributed by atoms with Crippen molar-refractivity contribution in [1.82, 2.24) is 0 Å². The summed E-state index contributed by atoms with van der Waals surface area (Å²) in [4.78, 5) is 2.25. The number of hydrogen-bond acceptors (Lipinski definition) is 3. The molecule has 6 heteroatoms. The molecule has 1 fully saturated rings. The Bertz CT molecular complexity index is 688. The van der Waals surface area contributed by atoms with Crippen molar-refractivity contribution < 1.29 is 4.74 Å². The van der Waals surface area contributed by atoms with Gasteiger partial charge < -0.3 is 15.0 Å². The van der Waals surface area contributed by atoms with Gasteiger partial charge in [-0.2, -0.15) is 0 Å². The van der Waals surface area contributed by atoms with E-state index in [1.807, 2.05) is 30.3 Å². The Hall–Kier alpha value is -1.13. The quantitative estimate of drug-likeness (QED) is 0.809. The molecule has 122 valence electrons. The molecule has 1 aliphatic heterocycles. The summed E-state index contributed by atoms with van der Waals surface area (Å²) in [5, 5.41) is 5.46. The average molecular weight is 372 g/mol. The minimum absolute atomic E-state index is 0.605. The van der Waals surface area contributed by atoms with Crippen molar-refractivity contribution in [2.45, 2.75) is 6.54 Å². The van der Waals surface area contributed by atoms with Crippen LogP contribution < -0.4 is 10.2 Å². The monoisotopic (exact) mass is 370 g/mol. The highest BCUT2D eigenvalue weighted by molar-refractivity contribution is 6.35. The molecular formula is C17H17Cl3N2O. The van der Waals surface area contributed by atoms with Gasteiger partial charge in [0.2, 0.25) is 0 Å². The Labute approximate surface area is 151 Å². The highest BCUT2D eigenvalue weighted by Gasteiger charge is 2.17. The van der Waals surface area contributed by atoms with Crippen molar-refractivity contribution in [1.29, 1.82) is 0 Å². The Morgan fingerprint density at radius 2 is 1.78 bits per heavy atom. The topological polar surface area (TPSA) is 24.5 Å². The van der Waals surface area contributed by atoms with E-state index in [9.17, 15) is 0 Å². The Morgan fingerprint density at radius 3 is 2.52 bits per heavy atom. The average Bonchev–Trinajstić information content (AvgIpc) is 2.55. The van der Waals surface area contributed by atoms with Crippen molar-refractivity contribution in [3.63, 3.8) is 0 Å². The fourth-order valence-electron chi connectivity index (χ4n) is 2.62. The van der Waals surface area contributed by atoms with Crippen LogP contribution in [0.3, 0.4) is 0 Å². The SMILES string of the molecule is Clc1ccc(CNc2cccc(Cl)c2N2CCOCC2)c(Cl)c1. The molecule has 0 amide bonds.